The van der Waals surface area contributed by atoms with Gasteiger partial charge in [-0.3, -0.25) is 9.69 Å². The lowest BCUT2D eigenvalue weighted by Gasteiger charge is -2.33. The molecule has 0 radical (unpaired) electrons. The van der Waals surface area contributed by atoms with Gasteiger partial charge < -0.3 is 29.0 Å². The zero-order valence-corrected chi connectivity index (χ0v) is 21.2. The molecule has 2 saturated heterocycles. The van der Waals surface area contributed by atoms with Crippen molar-refractivity contribution in [2.45, 2.75) is 37.8 Å². The number of nitrogens with one attached hydrogen (secondary N) is 1. The van der Waals surface area contributed by atoms with Crippen molar-refractivity contribution in [3.63, 3.8) is 0 Å². The number of carbonyl (C=O) groups excluding carboxylic acids is 1. The summed E-state index contributed by atoms with van der Waals surface area (Å²) in [5.41, 5.74) is -0.566. The van der Waals surface area contributed by atoms with Crippen LogP contribution in [0.15, 0.2) is 30.5 Å². The third-order valence-electron chi connectivity index (χ3n) is 6.76. The van der Waals surface area contributed by atoms with Crippen molar-refractivity contribution in [3.05, 3.63) is 36.0 Å². The Balaban J connectivity index is 0.000000503. The van der Waals surface area contributed by atoms with Gasteiger partial charge in [-0.1, -0.05) is 12.8 Å². The Hall–Kier alpha value is -3.11. The standard InChI is InChI=1S/C23H25FN2O6.C4H9N/c1-28-20-8-16(4-5-18(20)30-7-6-15-2-3-15)26-14-32-19-9-21(25-10-17(19)22(26)27)31-13-23(24)11-29-12-23;1-2-4-5-3-1/h4-5,8-10,15H,2-3,6-7,11-14H2,1H3;5H,1-4H2. The molecule has 2 aromatic rings. The first kappa shape index (κ1) is 25.5. The normalized spacial score (nSPS) is 19.6. The molecule has 37 heavy (non-hydrogen) atoms. The highest BCUT2D eigenvalue weighted by Gasteiger charge is 2.40. The molecule has 0 atom stereocenters. The van der Waals surface area contributed by atoms with Gasteiger partial charge in [0.05, 0.1) is 32.6 Å². The highest BCUT2D eigenvalue weighted by Crippen LogP contribution is 2.37. The molecule has 6 rings (SSSR count). The number of amides is 1. The first-order chi connectivity index (χ1) is 18.0. The van der Waals surface area contributed by atoms with Gasteiger partial charge in [-0.2, -0.15) is 0 Å². The predicted molar refractivity (Wildman–Crippen MR) is 135 cm³/mol. The molecule has 0 bridgehead atoms. The molecular formula is C27H34FN3O6. The molecule has 200 valence electrons. The Morgan fingerprint density at radius 1 is 1.16 bits per heavy atom. The predicted octanol–water partition coefficient (Wildman–Crippen LogP) is 3.75. The number of benzene rings is 1. The van der Waals surface area contributed by atoms with Crippen LogP contribution in [0.25, 0.3) is 0 Å². The number of hydrogen-bond acceptors (Lipinski definition) is 8. The number of methoxy groups -OCH3 is 1. The molecule has 4 heterocycles. The minimum absolute atomic E-state index is 0.00962. The topological polar surface area (TPSA) is 91.4 Å². The van der Waals surface area contributed by atoms with Crippen LogP contribution in [0.2, 0.25) is 0 Å². The summed E-state index contributed by atoms with van der Waals surface area (Å²) in [6.45, 7) is 3.02. The van der Waals surface area contributed by atoms with E-state index in [9.17, 15) is 9.18 Å². The van der Waals surface area contributed by atoms with Gasteiger partial charge in [0.25, 0.3) is 5.91 Å². The van der Waals surface area contributed by atoms with Crippen molar-refractivity contribution in [1.82, 2.24) is 10.3 Å². The van der Waals surface area contributed by atoms with E-state index in [0.717, 1.165) is 12.3 Å². The minimum Gasteiger partial charge on any atom is -0.493 e. The number of alkyl halides is 1. The van der Waals surface area contributed by atoms with Crippen LogP contribution in [0.3, 0.4) is 0 Å². The molecule has 1 saturated carbocycles. The third-order valence-corrected chi connectivity index (χ3v) is 6.76. The van der Waals surface area contributed by atoms with Crippen molar-refractivity contribution in [2.24, 2.45) is 5.92 Å². The van der Waals surface area contributed by atoms with Crippen molar-refractivity contribution < 1.29 is 32.9 Å². The summed E-state index contributed by atoms with van der Waals surface area (Å²) in [6.07, 6.45) is 7.77. The second-order valence-electron chi connectivity index (χ2n) is 9.83. The van der Waals surface area contributed by atoms with Gasteiger partial charge in [0.15, 0.2) is 23.9 Å². The largest absolute Gasteiger partial charge is 0.493 e. The fourth-order valence-electron chi connectivity index (χ4n) is 4.23. The number of pyridine rings is 1. The maximum atomic E-state index is 14.0. The highest BCUT2D eigenvalue weighted by molar-refractivity contribution is 6.08. The van der Waals surface area contributed by atoms with E-state index in [-0.39, 0.29) is 38.3 Å². The Bertz CT molecular complexity index is 1080. The van der Waals surface area contributed by atoms with E-state index in [1.165, 1.54) is 55.9 Å². The van der Waals surface area contributed by atoms with E-state index in [2.05, 4.69) is 10.3 Å². The second kappa shape index (κ2) is 11.5. The minimum atomic E-state index is -1.49. The maximum absolute atomic E-state index is 14.0. The molecule has 0 unspecified atom stereocenters. The van der Waals surface area contributed by atoms with Crippen LogP contribution in [0.5, 0.6) is 23.1 Å². The van der Waals surface area contributed by atoms with Crippen molar-refractivity contribution >= 4 is 11.6 Å². The van der Waals surface area contributed by atoms with Crippen molar-refractivity contribution in [1.29, 1.82) is 0 Å². The number of fused-ring (bicyclic) bond motifs is 1. The fourth-order valence-corrected chi connectivity index (χ4v) is 4.23. The zero-order chi connectivity index (χ0) is 25.7. The Morgan fingerprint density at radius 3 is 2.62 bits per heavy atom. The highest BCUT2D eigenvalue weighted by atomic mass is 19.1. The summed E-state index contributed by atoms with van der Waals surface area (Å²) in [4.78, 5) is 18.7. The summed E-state index contributed by atoms with van der Waals surface area (Å²) in [5.74, 6) is 2.27. The quantitative estimate of drug-likeness (QED) is 0.540. The summed E-state index contributed by atoms with van der Waals surface area (Å²) < 4.78 is 41.4. The lowest BCUT2D eigenvalue weighted by molar-refractivity contribution is -0.146. The molecule has 9 nitrogen and oxygen atoms in total. The Labute approximate surface area is 216 Å². The molecule has 3 fully saturated rings. The van der Waals surface area contributed by atoms with E-state index in [0.29, 0.717) is 35.1 Å². The van der Waals surface area contributed by atoms with Gasteiger partial charge in [-0.05, 0) is 50.4 Å². The number of hydrogen-bond donors (Lipinski definition) is 1. The van der Waals surface area contributed by atoms with Crippen LogP contribution in [0.4, 0.5) is 10.1 Å². The SMILES string of the molecule is C1CCNC1.COc1cc(N2COc3cc(OCC4(F)COC4)ncc3C2=O)ccc1OCCC1CC1. The van der Waals surface area contributed by atoms with E-state index >= 15 is 0 Å². The van der Waals surface area contributed by atoms with Crippen LogP contribution < -0.4 is 29.2 Å². The summed E-state index contributed by atoms with van der Waals surface area (Å²) in [7, 11) is 1.57. The average molecular weight is 516 g/mol. The smallest absolute Gasteiger partial charge is 0.266 e. The van der Waals surface area contributed by atoms with Crippen LogP contribution in [0.1, 0.15) is 42.5 Å². The second-order valence-corrected chi connectivity index (χ2v) is 9.83. The van der Waals surface area contributed by atoms with Crippen LogP contribution in [0, 0.1) is 5.92 Å². The third kappa shape index (κ3) is 6.42. The number of rotatable bonds is 9. The summed E-state index contributed by atoms with van der Waals surface area (Å²) in [5, 5.41) is 3.22. The van der Waals surface area contributed by atoms with E-state index in [1.807, 2.05) is 0 Å². The number of ether oxygens (including phenoxy) is 5. The van der Waals surface area contributed by atoms with Gasteiger partial charge in [-0.25, -0.2) is 9.37 Å². The summed E-state index contributed by atoms with van der Waals surface area (Å²) >= 11 is 0. The molecule has 1 aliphatic carbocycles. The number of nitrogens with zero attached hydrogens (tertiary/aromatic N) is 2. The van der Waals surface area contributed by atoms with Crippen LogP contribution in [-0.4, -0.2) is 69.9 Å². The first-order valence-corrected chi connectivity index (χ1v) is 12.9. The monoisotopic (exact) mass is 515 g/mol. The zero-order valence-electron chi connectivity index (χ0n) is 21.2. The van der Waals surface area contributed by atoms with Gasteiger partial charge in [0.2, 0.25) is 5.88 Å². The molecule has 10 heteroatoms. The van der Waals surface area contributed by atoms with Gasteiger partial charge in [0, 0.05) is 18.3 Å². The number of aromatic nitrogens is 1. The molecular weight excluding hydrogens is 481 g/mol. The van der Waals surface area contributed by atoms with Crippen molar-refractivity contribution in [2.75, 3.05) is 58.3 Å². The molecule has 4 aliphatic rings. The maximum Gasteiger partial charge on any atom is 0.266 e. The average Bonchev–Trinajstić information content (AvgIpc) is 3.52. The van der Waals surface area contributed by atoms with E-state index in [1.54, 1.807) is 25.3 Å². The molecule has 0 spiro atoms. The molecule has 1 N–H and O–H groups in total. The van der Waals surface area contributed by atoms with Crippen molar-refractivity contribution in [3.8, 4) is 23.1 Å². The number of halogens is 1. The lowest BCUT2D eigenvalue weighted by Crippen LogP contribution is -2.50. The molecule has 1 aromatic heterocycles. The first-order valence-electron chi connectivity index (χ1n) is 12.9. The van der Waals surface area contributed by atoms with Crippen LogP contribution >= 0.6 is 0 Å². The van der Waals surface area contributed by atoms with E-state index < -0.39 is 5.67 Å². The van der Waals surface area contributed by atoms with Gasteiger partial charge >= 0.3 is 0 Å². The molecule has 1 amide bonds. The lowest BCUT2D eigenvalue weighted by atomic mass is 10.1. The van der Waals surface area contributed by atoms with Crippen LogP contribution in [-0.2, 0) is 4.74 Å². The summed E-state index contributed by atoms with van der Waals surface area (Å²) in [6, 6.07) is 6.86. The Kier molecular flexibility index (Phi) is 7.95. The molecule has 3 aliphatic heterocycles. The molecule has 1 aromatic carbocycles. The fraction of sp³-hybridized carbons (Fsp3) is 0.556. The van der Waals surface area contributed by atoms with E-state index in [4.69, 9.17) is 23.7 Å². The van der Waals surface area contributed by atoms with Gasteiger partial charge in [0.1, 0.15) is 17.9 Å². The van der Waals surface area contributed by atoms with Gasteiger partial charge in [-0.15, -0.1) is 0 Å². The number of anilines is 1. The number of carbonyl (C=O) groups is 1. The Morgan fingerprint density at radius 2 is 1.97 bits per heavy atom.